The lowest BCUT2D eigenvalue weighted by Crippen LogP contribution is -2.03. The minimum atomic E-state index is -3.40. The smallest absolute Gasteiger partial charge is 0.365 e. The SMILES string of the molecule is O=c1c(O)c(-c2ccc(O)c(O[PH](=O)O)c2)oc2cc(O)cc(O)c12. The van der Waals surface area contributed by atoms with Gasteiger partial charge in [0.25, 0.3) is 0 Å². The van der Waals surface area contributed by atoms with Crippen molar-refractivity contribution in [3.63, 3.8) is 0 Å². The zero-order valence-corrected chi connectivity index (χ0v) is 13.3. The van der Waals surface area contributed by atoms with E-state index in [1.165, 1.54) is 6.07 Å². The largest absolute Gasteiger partial charge is 0.508 e. The van der Waals surface area contributed by atoms with Gasteiger partial charge in [-0.1, -0.05) is 0 Å². The van der Waals surface area contributed by atoms with E-state index in [9.17, 15) is 29.8 Å². The molecule has 0 radical (unpaired) electrons. The van der Waals surface area contributed by atoms with Gasteiger partial charge in [-0.05, 0) is 18.2 Å². The molecule has 2 aromatic carbocycles. The molecule has 0 amide bonds. The Morgan fingerprint density at radius 3 is 2.40 bits per heavy atom. The summed E-state index contributed by atoms with van der Waals surface area (Å²) in [6.45, 7) is 0. The monoisotopic (exact) mass is 366 g/mol. The fourth-order valence-electron chi connectivity index (χ4n) is 2.30. The fraction of sp³-hybridized carbons (Fsp3) is 0. The third kappa shape index (κ3) is 2.98. The topological polar surface area (TPSA) is 158 Å². The van der Waals surface area contributed by atoms with Crippen molar-refractivity contribution in [2.24, 2.45) is 0 Å². The summed E-state index contributed by atoms with van der Waals surface area (Å²) in [4.78, 5) is 21.1. The third-order valence-corrected chi connectivity index (χ3v) is 3.75. The van der Waals surface area contributed by atoms with Gasteiger partial charge >= 0.3 is 8.25 Å². The van der Waals surface area contributed by atoms with E-state index in [0.29, 0.717) is 0 Å². The first-order valence-electron chi connectivity index (χ1n) is 6.74. The van der Waals surface area contributed by atoms with Gasteiger partial charge in [0.1, 0.15) is 22.5 Å². The molecule has 130 valence electrons. The molecule has 3 aromatic rings. The summed E-state index contributed by atoms with van der Waals surface area (Å²) in [6, 6.07) is 5.45. The molecule has 0 aliphatic heterocycles. The number of benzene rings is 2. The van der Waals surface area contributed by atoms with Gasteiger partial charge in [-0.3, -0.25) is 4.79 Å². The Labute approximate surface area is 139 Å². The zero-order chi connectivity index (χ0) is 18.3. The van der Waals surface area contributed by atoms with Crippen LogP contribution in [0.5, 0.6) is 28.7 Å². The van der Waals surface area contributed by atoms with Crippen molar-refractivity contribution < 1.29 is 38.8 Å². The number of aromatic hydroxyl groups is 4. The maximum atomic E-state index is 12.3. The maximum Gasteiger partial charge on any atom is 0.365 e. The van der Waals surface area contributed by atoms with Gasteiger partial charge in [-0.25, -0.2) is 4.57 Å². The molecule has 5 N–H and O–H groups in total. The van der Waals surface area contributed by atoms with E-state index < -0.39 is 30.9 Å². The second-order valence-electron chi connectivity index (χ2n) is 5.00. The third-order valence-electron chi connectivity index (χ3n) is 3.35. The van der Waals surface area contributed by atoms with E-state index in [1.807, 2.05) is 0 Å². The molecule has 1 heterocycles. The number of fused-ring (bicyclic) bond motifs is 1. The van der Waals surface area contributed by atoms with Crippen molar-refractivity contribution in [3.8, 4) is 40.1 Å². The fourth-order valence-corrected chi connectivity index (χ4v) is 2.65. The van der Waals surface area contributed by atoms with Crippen LogP contribution >= 0.6 is 8.25 Å². The molecule has 1 atom stereocenters. The Hall–Kier alpha value is -3.16. The zero-order valence-electron chi connectivity index (χ0n) is 12.3. The Bertz CT molecular complexity index is 1070. The Morgan fingerprint density at radius 2 is 1.72 bits per heavy atom. The summed E-state index contributed by atoms with van der Waals surface area (Å²) in [7, 11) is -3.40. The van der Waals surface area contributed by atoms with Gasteiger partial charge in [-0.2, -0.15) is 0 Å². The lowest BCUT2D eigenvalue weighted by molar-refractivity contribution is 0.389. The number of hydrogen-bond donors (Lipinski definition) is 5. The lowest BCUT2D eigenvalue weighted by Gasteiger charge is -2.10. The van der Waals surface area contributed by atoms with Crippen LogP contribution in [-0.2, 0) is 4.57 Å². The number of rotatable bonds is 3. The summed E-state index contributed by atoms with van der Waals surface area (Å²) in [6.07, 6.45) is 0. The average molecular weight is 366 g/mol. The standard InChI is InChI=1S/C15H11O9P/c16-7-4-9(18)12-11(5-7)23-15(14(20)13(12)19)6-1-2-8(17)10(3-6)24-25(21)22/h1-5,16-18,20,25H,(H,21,22). The van der Waals surface area contributed by atoms with Gasteiger partial charge in [0.15, 0.2) is 17.3 Å². The maximum absolute atomic E-state index is 12.3. The predicted molar refractivity (Wildman–Crippen MR) is 86.4 cm³/mol. The van der Waals surface area contributed by atoms with Crippen LogP contribution in [-0.4, -0.2) is 25.3 Å². The highest BCUT2D eigenvalue weighted by Gasteiger charge is 2.20. The normalized spacial score (nSPS) is 12.2. The molecule has 0 spiro atoms. The predicted octanol–water partition coefficient (Wildman–Crippen LogP) is 2.04. The molecule has 0 saturated heterocycles. The van der Waals surface area contributed by atoms with Crippen LogP contribution in [0.25, 0.3) is 22.3 Å². The number of phenols is 3. The minimum absolute atomic E-state index is 0.0513. The molecule has 25 heavy (non-hydrogen) atoms. The van der Waals surface area contributed by atoms with Crippen LogP contribution in [0.2, 0.25) is 0 Å². The summed E-state index contributed by atoms with van der Waals surface area (Å²) in [5.74, 6) is -2.90. The number of hydrogen-bond acceptors (Lipinski definition) is 8. The summed E-state index contributed by atoms with van der Waals surface area (Å²) < 4.78 is 20.8. The van der Waals surface area contributed by atoms with Crippen molar-refractivity contribution in [2.45, 2.75) is 0 Å². The molecule has 1 aromatic heterocycles. The summed E-state index contributed by atoms with van der Waals surface area (Å²) in [5.41, 5.74) is -1.09. The van der Waals surface area contributed by atoms with Crippen molar-refractivity contribution in [3.05, 3.63) is 40.6 Å². The molecule has 1 unspecified atom stereocenters. The highest BCUT2D eigenvalue weighted by atomic mass is 31.1. The lowest BCUT2D eigenvalue weighted by atomic mass is 10.1. The van der Waals surface area contributed by atoms with Crippen LogP contribution in [0.4, 0.5) is 0 Å². The Morgan fingerprint density at radius 1 is 1.00 bits per heavy atom. The molecular formula is C15H11O9P. The van der Waals surface area contributed by atoms with Crippen LogP contribution in [0, 0.1) is 0 Å². The van der Waals surface area contributed by atoms with E-state index in [1.54, 1.807) is 0 Å². The van der Waals surface area contributed by atoms with E-state index >= 15 is 0 Å². The van der Waals surface area contributed by atoms with Gasteiger partial charge in [-0.15, -0.1) is 0 Å². The van der Waals surface area contributed by atoms with Gasteiger partial charge in [0, 0.05) is 17.7 Å². The van der Waals surface area contributed by atoms with Crippen LogP contribution in [0.3, 0.4) is 0 Å². The van der Waals surface area contributed by atoms with Gasteiger partial charge in [0.05, 0.1) is 0 Å². The molecule has 0 bridgehead atoms. The second-order valence-corrected chi connectivity index (χ2v) is 5.73. The number of phenolic OH excluding ortho intramolecular Hbond substituents is 3. The molecule has 3 rings (SSSR count). The van der Waals surface area contributed by atoms with Crippen molar-refractivity contribution in [1.82, 2.24) is 0 Å². The van der Waals surface area contributed by atoms with Gasteiger partial charge in [0.2, 0.25) is 11.2 Å². The first-order valence-corrected chi connectivity index (χ1v) is 8.00. The molecule has 0 aliphatic carbocycles. The van der Waals surface area contributed by atoms with Crippen molar-refractivity contribution in [2.75, 3.05) is 0 Å². The molecule has 10 heteroatoms. The molecule has 0 aliphatic rings. The molecule has 0 fully saturated rings. The average Bonchev–Trinajstić information content (AvgIpc) is 2.52. The van der Waals surface area contributed by atoms with Crippen LogP contribution in [0.15, 0.2) is 39.5 Å². The van der Waals surface area contributed by atoms with Crippen LogP contribution < -0.4 is 9.95 Å². The Balaban J connectivity index is 2.28. The highest BCUT2D eigenvalue weighted by Crippen LogP contribution is 2.39. The second kappa shape index (κ2) is 6.04. The van der Waals surface area contributed by atoms with E-state index in [4.69, 9.17) is 9.31 Å². The molecule has 0 saturated carbocycles. The first-order chi connectivity index (χ1) is 11.8. The Kier molecular flexibility index (Phi) is 4.03. The van der Waals surface area contributed by atoms with E-state index in [0.717, 1.165) is 24.3 Å². The van der Waals surface area contributed by atoms with Crippen molar-refractivity contribution in [1.29, 1.82) is 0 Å². The molecular weight excluding hydrogens is 355 g/mol. The first kappa shape index (κ1) is 16.7. The van der Waals surface area contributed by atoms with E-state index in [-0.39, 0.29) is 33.8 Å². The van der Waals surface area contributed by atoms with Gasteiger partial charge < -0.3 is 34.3 Å². The van der Waals surface area contributed by atoms with E-state index in [2.05, 4.69) is 4.52 Å². The van der Waals surface area contributed by atoms with Crippen molar-refractivity contribution >= 4 is 19.2 Å². The quantitative estimate of drug-likeness (QED) is 0.437. The van der Waals surface area contributed by atoms with Crippen LogP contribution in [0.1, 0.15) is 0 Å². The summed E-state index contributed by atoms with van der Waals surface area (Å²) in [5, 5.41) is 38.7. The molecule has 9 nitrogen and oxygen atoms in total. The highest BCUT2D eigenvalue weighted by molar-refractivity contribution is 7.32. The minimum Gasteiger partial charge on any atom is -0.508 e. The summed E-state index contributed by atoms with van der Waals surface area (Å²) >= 11 is 0.